The molecule has 0 atom stereocenters. The molecule has 0 aliphatic rings. The van der Waals surface area contributed by atoms with E-state index in [4.69, 9.17) is 0 Å². The zero-order valence-corrected chi connectivity index (χ0v) is 11.5. The number of alkyl halides is 1. The van der Waals surface area contributed by atoms with Crippen molar-refractivity contribution in [2.45, 2.75) is 20.4 Å². The number of halogens is 1. The molecule has 3 heteroatoms. The SMILES string of the molecule is CN(Cc1ccsc1)CC(C)(C)CBr. The van der Waals surface area contributed by atoms with Gasteiger partial charge in [0.25, 0.3) is 0 Å². The number of rotatable bonds is 5. The summed E-state index contributed by atoms with van der Waals surface area (Å²) in [7, 11) is 2.18. The van der Waals surface area contributed by atoms with Crippen molar-refractivity contribution < 1.29 is 0 Å². The molecule has 0 aliphatic carbocycles. The van der Waals surface area contributed by atoms with Crippen LogP contribution in [-0.2, 0) is 6.54 Å². The first kappa shape index (κ1) is 12.2. The molecule has 80 valence electrons. The predicted octanol–water partition coefficient (Wildman–Crippen LogP) is 3.60. The summed E-state index contributed by atoms with van der Waals surface area (Å²) in [5.41, 5.74) is 1.77. The predicted molar refractivity (Wildman–Crippen MR) is 68.2 cm³/mol. The van der Waals surface area contributed by atoms with Crippen molar-refractivity contribution in [3.05, 3.63) is 22.4 Å². The van der Waals surface area contributed by atoms with Crippen LogP contribution in [0.5, 0.6) is 0 Å². The monoisotopic (exact) mass is 275 g/mol. The van der Waals surface area contributed by atoms with Gasteiger partial charge in [-0.3, -0.25) is 0 Å². The molecule has 0 amide bonds. The Morgan fingerprint density at radius 1 is 1.50 bits per heavy atom. The molecule has 1 heterocycles. The highest BCUT2D eigenvalue weighted by molar-refractivity contribution is 9.09. The fraction of sp³-hybridized carbons (Fsp3) is 0.636. The quantitative estimate of drug-likeness (QED) is 0.743. The van der Waals surface area contributed by atoms with Crippen molar-refractivity contribution >= 4 is 27.3 Å². The largest absolute Gasteiger partial charge is 0.302 e. The Balaban J connectivity index is 2.40. The molecule has 1 aromatic heterocycles. The molecule has 14 heavy (non-hydrogen) atoms. The highest BCUT2D eigenvalue weighted by Crippen LogP contribution is 2.20. The molecule has 0 fully saturated rings. The summed E-state index contributed by atoms with van der Waals surface area (Å²) >= 11 is 5.32. The lowest BCUT2D eigenvalue weighted by molar-refractivity contribution is 0.226. The number of thiophene rings is 1. The number of hydrogen-bond donors (Lipinski definition) is 0. The third kappa shape index (κ3) is 4.11. The summed E-state index contributed by atoms with van der Waals surface area (Å²) in [4.78, 5) is 2.38. The van der Waals surface area contributed by atoms with Crippen molar-refractivity contribution in [3.8, 4) is 0 Å². The van der Waals surface area contributed by atoms with Crippen LogP contribution < -0.4 is 0 Å². The Bertz CT molecular complexity index is 256. The molecule has 0 unspecified atom stereocenters. The third-order valence-electron chi connectivity index (χ3n) is 2.09. The molecular formula is C11H18BrNS. The summed E-state index contributed by atoms with van der Waals surface area (Å²) in [6, 6.07) is 2.20. The summed E-state index contributed by atoms with van der Waals surface area (Å²) in [6.07, 6.45) is 0. The van der Waals surface area contributed by atoms with Gasteiger partial charge < -0.3 is 4.90 Å². The first-order chi connectivity index (χ1) is 6.53. The molecule has 0 saturated heterocycles. The van der Waals surface area contributed by atoms with Crippen molar-refractivity contribution in [1.29, 1.82) is 0 Å². The molecule has 0 saturated carbocycles. The van der Waals surface area contributed by atoms with E-state index in [0.29, 0.717) is 5.41 Å². The van der Waals surface area contributed by atoms with Crippen LogP contribution >= 0.6 is 27.3 Å². The number of hydrogen-bond acceptors (Lipinski definition) is 2. The fourth-order valence-corrected chi connectivity index (χ4v) is 2.36. The van der Waals surface area contributed by atoms with Gasteiger partial charge in [0.15, 0.2) is 0 Å². The van der Waals surface area contributed by atoms with E-state index in [2.05, 4.69) is 58.6 Å². The van der Waals surface area contributed by atoms with E-state index in [1.54, 1.807) is 11.3 Å². The highest BCUT2D eigenvalue weighted by atomic mass is 79.9. The molecule has 0 aliphatic heterocycles. The minimum absolute atomic E-state index is 0.352. The molecular weight excluding hydrogens is 258 g/mol. The fourth-order valence-electron chi connectivity index (χ4n) is 1.52. The lowest BCUT2D eigenvalue weighted by Crippen LogP contribution is -2.31. The standard InChI is InChI=1S/C11H18BrNS/c1-11(2,8-12)9-13(3)6-10-4-5-14-7-10/h4-5,7H,6,8-9H2,1-3H3. The van der Waals surface area contributed by atoms with Crippen molar-refractivity contribution in [3.63, 3.8) is 0 Å². The maximum absolute atomic E-state index is 3.55. The van der Waals surface area contributed by atoms with E-state index in [1.807, 2.05) is 0 Å². The van der Waals surface area contributed by atoms with Crippen LogP contribution in [0.2, 0.25) is 0 Å². The maximum atomic E-state index is 3.55. The highest BCUT2D eigenvalue weighted by Gasteiger charge is 2.18. The lowest BCUT2D eigenvalue weighted by atomic mass is 9.96. The topological polar surface area (TPSA) is 3.24 Å². The zero-order valence-electron chi connectivity index (χ0n) is 9.09. The van der Waals surface area contributed by atoms with Crippen LogP contribution in [0, 0.1) is 5.41 Å². The molecule has 0 aromatic carbocycles. The van der Waals surface area contributed by atoms with Gasteiger partial charge in [-0.05, 0) is 34.9 Å². The van der Waals surface area contributed by atoms with E-state index in [9.17, 15) is 0 Å². The molecule has 0 bridgehead atoms. The smallest absolute Gasteiger partial charge is 0.0239 e. The Morgan fingerprint density at radius 2 is 2.21 bits per heavy atom. The van der Waals surface area contributed by atoms with E-state index >= 15 is 0 Å². The van der Waals surface area contributed by atoms with Crippen molar-refractivity contribution in [2.75, 3.05) is 18.9 Å². The summed E-state index contributed by atoms with van der Waals surface area (Å²) in [5, 5.41) is 5.41. The number of nitrogens with zero attached hydrogens (tertiary/aromatic N) is 1. The zero-order chi connectivity index (χ0) is 10.6. The van der Waals surface area contributed by atoms with E-state index in [0.717, 1.165) is 18.4 Å². The van der Waals surface area contributed by atoms with Crippen LogP contribution in [0.25, 0.3) is 0 Å². The van der Waals surface area contributed by atoms with Crippen LogP contribution in [0.1, 0.15) is 19.4 Å². The second-order valence-corrected chi connectivity index (χ2v) is 5.94. The normalized spacial score (nSPS) is 12.4. The lowest BCUT2D eigenvalue weighted by Gasteiger charge is -2.28. The molecule has 1 nitrogen and oxygen atoms in total. The van der Waals surface area contributed by atoms with Crippen molar-refractivity contribution in [2.24, 2.45) is 5.41 Å². The second kappa shape index (κ2) is 5.29. The Hall–Kier alpha value is 0.140. The molecule has 1 rings (SSSR count). The minimum atomic E-state index is 0.352. The average molecular weight is 276 g/mol. The van der Waals surface area contributed by atoms with Crippen LogP contribution in [-0.4, -0.2) is 23.8 Å². The first-order valence-corrected chi connectivity index (χ1v) is 6.85. The van der Waals surface area contributed by atoms with Gasteiger partial charge in [0.2, 0.25) is 0 Å². The second-order valence-electron chi connectivity index (χ2n) is 4.60. The van der Waals surface area contributed by atoms with E-state index in [1.165, 1.54) is 5.56 Å². The Kier molecular flexibility index (Phi) is 4.61. The van der Waals surface area contributed by atoms with Gasteiger partial charge in [-0.2, -0.15) is 11.3 Å². The molecule has 0 spiro atoms. The Morgan fingerprint density at radius 3 is 2.71 bits per heavy atom. The average Bonchev–Trinajstić information content (AvgIpc) is 2.55. The third-order valence-corrected chi connectivity index (χ3v) is 4.34. The van der Waals surface area contributed by atoms with Crippen molar-refractivity contribution in [1.82, 2.24) is 4.90 Å². The van der Waals surface area contributed by atoms with Crippen LogP contribution in [0.3, 0.4) is 0 Å². The van der Waals surface area contributed by atoms with Gasteiger partial charge in [0.05, 0.1) is 0 Å². The first-order valence-electron chi connectivity index (χ1n) is 4.79. The molecule has 0 N–H and O–H groups in total. The Labute approximate surface area is 99.3 Å². The van der Waals surface area contributed by atoms with Gasteiger partial charge in [-0.25, -0.2) is 0 Å². The summed E-state index contributed by atoms with van der Waals surface area (Å²) < 4.78 is 0. The van der Waals surface area contributed by atoms with Gasteiger partial charge in [0, 0.05) is 18.4 Å². The van der Waals surface area contributed by atoms with Gasteiger partial charge in [0.1, 0.15) is 0 Å². The summed E-state index contributed by atoms with van der Waals surface area (Å²) in [5.74, 6) is 0. The van der Waals surface area contributed by atoms with E-state index < -0.39 is 0 Å². The van der Waals surface area contributed by atoms with Gasteiger partial charge in [-0.1, -0.05) is 29.8 Å². The molecule has 0 radical (unpaired) electrons. The summed E-state index contributed by atoms with van der Waals surface area (Å²) in [6.45, 7) is 6.74. The van der Waals surface area contributed by atoms with Gasteiger partial charge in [-0.15, -0.1) is 0 Å². The maximum Gasteiger partial charge on any atom is 0.0239 e. The van der Waals surface area contributed by atoms with Crippen LogP contribution in [0.15, 0.2) is 16.8 Å². The van der Waals surface area contributed by atoms with Crippen LogP contribution in [0.4, 0.5) is 0 Å². The minimum Gasteiger partial charge on any atom is -0.302 e. The molecule has 1 aromatic rings. The van der Waals surface area contributed by atoms with E-state index in [-0.39, 0.29) is 0 Å². The van der Waals surface area contributed by atoms with Gasteiger partial charge >= 0.3 is 0 Å².